The summed E-state index contributed by atoms with van der Waals surface area (Å²) in [5, 5.41) is 0. The molecule has 0 radical (unpaired) electrons. The molecule has 0 aromatic heterocycles. The van der Waals surface area contributed by atoms with Gasteiger partial charge in [-0.2, -0.15) is 0 Å². The largest absolute Gasteiger partial charge is 0.462 e. The van der Waals surface area contributed by atoms with Gasteiger partial charge in [0.1, 0.15) is 13.2 Å². The van der Waals surface area contributed by atoms with Crippen LogP contribution < -0.4 is 0 Å². The van der Waals surface area contributed by atoms with Crippen LogP contribution in [0.2, 0.25) is 0 Å². The first-order valence-electron chi connectivity index (χ1n) is 29.4. The minimum Gasteiger partial charge on any atom is -0.462 e. The van der Waals surface area contributed by atoms with Crippen LogP contribution in [-0.2, 0) is 28.6 Å². The maximum absolute atomic E-state index is 12.9. The number of rotatable bonds is 54. The summed E-state index contributed by atoms with van der Waals surface area (Å²) < 4.78 is 16.9. The second-order valence-electron chi connectivity index (χ2n) is 20.5. The Morgan fingerprint density at radius 1 is 0.308 bits per heavy atom. The molecule has 65 heavy (non-hydrogen) atoms. The van der Waals surface area contributed by atoms with Crippen molar-refractivity contribution in [2.45, 2.75) is 342 Å². The quantitative estimate of drug-likeness (QED) is 0.0344. The number of carbonyl (C=O) groups is 3. The third-order valence-electron chi connectivity index (χ3n) is 13.9. The second-order valence-corrected chi connectivity index (χ2v) is 20.5. The van der Waals surface area contributed by atoms with Crippen LogP contribution in [0.25, 0.3) is 0 Å². The zero-order chi connectivity index (χ0) is 47.4. The van der Waals surface area contributed by atoms with E-state index in [2.05, 4.69) is 27.7 Å². The van der Waals surface area contributed by atoms with Crippen LogP contribution in [0.4, 0.5) is 0 Å². The molecule has 0 saturated carbocycles. The van der Waals surface area contributed by atoms with Gasteiger partial charge in [0.15, 0.2) is 6.10 Å². The molecule has 0 N–H and O–H groups in total. The lowest BCUT2D eigenvalue weighted by Gasteiger charge is -2.18. The Balaban J connectivity index is 4.27. The standard InChI is InChI=1S/C59H114O6/c1-5-8-10-12-14-16-18-20-21-22-23-28-32-36-40-44-48-52-59(62)65-56(53-63-57(60)50-46-42-38-34-30-19-17-15-13-11-9-6-2)54-64-58(61)51-47-43-39-35-31-27-25-24-26-29-33-37-41-45-49-55(4)7-3/h55-56H,5-54H2,1-4H3/t55?,56-/m1/s1. The van der Waals surface area contributed by atoms with Crippen LogP contribution in [0.5, 0.6) is 0 Å². The Morgan fingerprint density at radius 2 is 0.538 bits per heavy atom. The smallest absolute Gasteiger partial charge is 0.306 e. The fourth-order valence-electron chi connectivity index (χ4n) is 9.07. The summed E-state index contributed by atoms with van der Waals surface area (Å²) in [5.41, 5.74) is 0. The number of hydrogen-bond acceptors (Lipinski definition) is 6. The van der Waals surface area contributed by atoms with Crippen molar-refractivity contribution in [3.8, 4) is 0 Å². The van der Waals surface area contributed by atoms with Gasteiger partial charge in [0.2, 0.25) is 0 Å². The molecular formula is C59H114O6. The molecule has 0 amide bonds. The molecule has 0 heterocycles. The van der Waals surface area contributed by atoms with Crippen LogP contribution >= 0.6 is 0 Å². The van der Waals surface area contributed by atoms with E-state index in [0.717, 1.165) is 63.7 Å². The van der Waals surface area contributed by atoms with Gasteiger partial charge in [-0.1, -0.05) is 297 Å². The van der Waals surface area contributed by atoms with Crippen LogP contribution in [0, 0.1) is 5.92 Å². The maximum Gasteiger partial charge on any atom is 0.306 e. The van der Waals surface area contributed by atoms with Crippen LogP contribution in [0.15, 0.2) is 0 Å². The van der Waals surface area contributed by atoms with E-state index in [-0.39, 0.29) is 31.1 Å². The van der Waals surface area contributed by atoms with Gasteiger partial charge in [0, 0.05) is 19.3 Å². The number of hydrogen-bond donors (Lipinski definition) is 0. The van der Waals surface area contributed by atoms with E-state index in [1.807, 2.05) is 0 Å². The van der Waals surface area contributed by atoms with Crippen molar-refractivity contribution in [3.63, 3.8) is 0 Å². The third kappa shape index (κ3) is 51.6. The predicted octanol–water partition coefficient (Wildman–Crippen LogP) is 19.4. The van der Waals surface area contributed by atoms with Gasteiger partial charge in [-0.15, -0.1) is 0 Å². The van der Waals surface area contributed by atoms with E-state index in [9.17, 15) is 14.4 Å². The molecule has 386 valence electrons. The molecule has 0 aromatic carbocycles. The SMILES string of the molecule is CCCCCCCCCCCCCCCCCCCC(=O)O[C@H](COC(=O)CCCCCCCCCCCCCC)COC(=O)CCCCCCCCCCCCCCCCC(C)CC. The molecule has 6 heteroatoms. The van der Waals surface area contributed by atoms with Gasteiger partial charge >= 0.3 is 17.9 Å². The highest BCUT2D eigenvalue weighted by molar-refractivity contribution is 5.71. The average molecular weight is 920 g/mol. The van der Waals surface area contributed by atoms with Crippen molar-refractivity contribution in [2.24, 2.45) is 5.92 Å². The fourth-order valence-corrected chi connectivity index (χ4v) is 9.07. The second kappa shape index (κ2) is 53.4. The molecule has 0 spiro atoms. The highest BCUT2D eigenvalue weighted by atomic mass is 16.6. The van der Waals surface area contributed by atoms with Crippen molar-refractivity contribution in [1.82, 2.24) is 0 Å². The first-order valence-corrected chi connectivity index (χ1v) is 29.4. The van der Waals surface area contributed by atoms with Gasteiger partial charge < -0.3 is 14.2 Å². The van der Waals surface area contributed by atoms with Gasteiger partial charge in [-0.05, 0) is 25.2 Å². The minimum absolute atomic E-state index is 0.0618. The molecule has 0 aliphatic carbocycles. The summed E-state index contributed by atoms with van der Waals surface area (Å²) >= 11 is 0. The summed E-state index contributed by atoms with van der Waals surface area (Å²) in [6.07, 6.45) is 58.0. The van der Waals surface area contributed by atoms with E-state index in [0.29, 0.717) is 19.3 Å². The van der Waals surface area contributed by atoms with Gasteiger partial charge in [-0.25, -0.2) is 0 Å². The summed E-state index contributed by atoms with van der Waals surface area (Å²) in [4.78, 5) is 38.1. The summed E-state index contributed by atoms with van der Waals surface area (Å²) in [5.74, 6) is 0.0615. The molecule has 0 saturated heterocycles. The highest BCUT2D eigenvalue weighted by Crippen LogP contribution is 2.18. The Labute approximate surface area is 406 Å². The predicted molar refractivity (Wildman–Crippen MR) is 280 cm³/mol. The maximum atomic E-state index is 12.9. The van der Waals surface area contributed by atoms with Crippen molar-refractivity contribution in [1.29, 1.82) is 0 Å². The zero-order valence-electron chi connectivity index (χ0n) is 44.5. The molecule has 1 unspecified atom stereocenters. The molecule has 0 bridgehead atoms. The molecular weight excluding hydrogens is 805 g/mol. The van der Waals surface area contributed by atoms with Gasteiger partial charge in [0.25, 0.3) is 0 Å². The molecule has 2 atom stereocenters. The minimum atomic E-state index is -0.761. The van der Waals surface area contributed by atoms with Crippen LogP contribution in [-0.4, -0.2) is 37.2 Å². The normalized spacial score (nSPS) is 12.4. The summed E-state index contributed by atoms with van der Waals surface area (Å²) in [6.45, 7) is 9.10. The number of esters is 3. The molecule has 0 aliphatic rings. The first-order chi connectivity index (χ1) is 31.9. The summed E-state index contributed by atoms with van der Waals surface area (Å²) in [6, 6.07) is 0. The van der Waals surface area contributed by atoms with E-state index in [1.54, 1.807) is 0 Å². The molecule has 0 rings (SSSR count). The van der Waals surface area contributed by atoms with Crippen molar-refractivity contribution in [2.75, 3.05) is 13.2 Å². The van der Waals surface area contributed by atoms with Crippen molar-refractivity contribution >= 4 is 17.9 Å². The Morgan fingerprint density at radius 3 is 0.800 bits per heavy atom. The van der Waals surface area contributed by atoms with E-state index < -0.39 is 6.10 Å². The Kier molecular flexibility index (Phi) is 52.1. The lowest BCUT2D eigenvalue weighted by molar-refractivity contribution is -0.167. The topological polar surface area (TPSA) is 78.9 Å². The molecule has 0 aromatic rings. The number of unbranched alkanes of at least 4 members (excludes halogenated alkanes) is 40. The van der Waals surface area contributed by atoms with E-state index in [1.165, 1.54) is 231 Å². The average Bonchev–Trinajstić information content (AvgIpc) is 3.30. The van der Waals surface area contributed by atoms with Crippen molar-refractivity contribution in [3.05, 3.63) is 0 Å². The number of carbonyl (C=O) groups excluding carboxylic acids is 3. The van der Waals surface area contributed by atoms with E-state index >= 15 is 0 Å². The monoisotopic (exact) mass is 919 g/mol. The zero-order valence-corrected chi connectivity index (χ0v) is 44.5. The van der Waals surface area contributed by atoms with Gasteiger partial charge in [0.05, 0.1) is 0 Å². The molecule has 0 fully saturated rings. The lowest BCUT2D eigenvalue weighted by Crippen LogP contribution is -2.30. The molecule has 0 aliphatic heterocycles. The van der Waals surface area contributed by atoms with Gasteiger partial charge in [-0.3, -0.25) is 14.4 Å². The van der Waals surface area contributed by atoms with E-state index in [4.69, 9.17) is 14.2 Å². The first kappa shape index (κ1) is 63.4. The highest BCUT2D eigenvalue weighted by Gasteiger charge is 2.19. The Bertz CT molecular complexity index is 982. The lowest BCUT2D eigenvalue weighted by atomic mass is 9.99. The van der Waals surface area contributed by atoms with Crippen LogP contribution in [0.1, 0.15) is 336 Å². The van der Waals surface area contributed by atoms with Crippen LogP contribution in [0.3, 0.4) is 0 Å². The molecule has 6 nitrogen and oxygen atoms in total. The Hall–Kier alpha value is -1.59. The number of ether oxygens (including phenoxy) is 3. The third-order valence-corrected chi connectivity index (χ3v) is 13.9. The summed E-state index contributed by atoms with van der Waals surface area (Å²) in [7, 11) is 0. The van der Waals surface area contributed by atoms with Crippen molar-refractivity contribution < 1.29 is 28.6 Å². The fraction of sp³-hybridized carbons (Fsp3) is 0.949.